The van der Waals surface area contributed by atoms with Gasteiger partial charge in [0.05, 0.1) is 25.4 Å². The molecule has 184 valence electrons. The molecule has 0 saturated heterocycles. The van der Waals surface area contributed by atoms with E-state index in [1.165, 1.54) is 0 Å². The molecule has 5 nitrogen and oxygen atoms in total. The Morgan fingerprint density at radius 2 is 1.34 bits per heavy atom. The number of carboxylic acids is 1. The molecule has 3 aromatic rings. The third kappa shape index (κ3) is 11.5. The minimum absolute atomic E-state index is 0.0350. The van der Waals surface area contributed by atoms with E-state index in [1.54, 1.807) is 19.1 Å². The van der Waals surface area contributed by atoms with Crippen LogP contribution >= 0.6 is 0 Å². The molecule has 5 heteroatoms. The van der Waals surface area contributed by atoms with Crippen molar-refractivity contribution in [3.63, 3.8) is 0 Å². The van der Waals surface area contributed by atoms with Gasteiger partial charge >= 0.3 is 5.97 Å². The Balaban J connectivity index is 0.000000269. The highest BCUT2D eigenvalue weighted by molar-refractivity contribution is 5.86. The lowest BCUT2D eigenvalue weighted by Crippen LogP contribution is -2.39. The van der Waals surface area contributed by atoms with Crippen LogP contribution in [-0.4, -0.2) is 46.7 Å². The molecule has 0 amide bonds. The highest BCUT2D eigenvalue weighted by atomic mass is 16.5. The number of allylic oxidation sites excluding steroid dienone is 2. The lowest BCUT2D eigenvalue weighted by Gasteiger charge is -2.28. The third-order valence-electron chi connectivity index (χ3n) is 5.13. The normalized spacial score (nSPS) is 11.7. The lowest BCUT2D eigenvalue weighted by atomic mass is 9.88. The SMILES string of the molecule is CC(=CC=Cc1ccccc1)C(=O)O.OCCOCC(O)(Cc1ccccc1)Cc1ccccc1. The second kappa shape index (κ2) is 15.4. The second-order valence-electron chi connectivity index (χ2n) is 8.25. The zero-order valence-electron chi connectivity index (χ0n) is 20.1. The lowest BCUT2D eigenvalue weighted by molar-refractivity contribution is -0.132. The summed E-state index contributed by atoms with van der Waals surface area (Å²) in [5, 5.41) is 28.4. The summed E-state index contributed by atoms with van der Waals surface area (Å²) in [6.45, 7) is 1.98. The van der Waals surface area contributed by atoms with Crippen LogP contribution in [0.3, 0.4) is 0 Å². The number of aliphatic hydroxyl groups excluding tert-OH is 1. The van der Waals surface area contributed by atoms with Crippen LogP contribution in [0.25, 0.3) is 6.08 Å². The molecule has 0 heterocycles. The van der Waals surface area contributed by atoms with Crippen molar-refractivity contribution in [1.29, 1.82) is 0 Å². The van der Waals surface area contributed by atoms with Crippen molar-refractivity contribution in [1.82, 2.24) is 0 Å². The standard InChI is InChI=1S/C18H22O3.C12H12O2/c19-11-12-21-15-18(20,13-16-7-3-1-4-8-16)14-17-9-5-2-6-10-17;1-10(12(13)14)6-5-9-11-7-3-2-4-8-11/h1-10,19-20H,11-15H2;2-9H,1H3,(H,13,14). The van der Waals surface area contributed by atoms with Gasteiger partial charge in [-0.25, -0.2) is 4.79 Å². The van der Waals surface area contributed by atoms with Gasteiger partial charge in [-0.15, -0.1) is 0 Å². The molecular formula is C30H34O5. The molecule has 0 bridgehead atoms. The quantitative estimate of drug-likeness (QED) is 0.208. The summed E-state index contributed by atoms with van der Waals surface area (Å²) >= 11 is 0. The number of hydrogen-bond donors (Lipinski definition) is 3. The molecular weight excluding hydrogens is 440 g/mol. The summed E-state index contributed by atoms with van der Waals surface area (Å²) in [4.78, 5) is 10.4. The number of benzene rings is 3. The summed E-state index contributed by atoms with van der Waals surface area (Å²) in [5.74, 6) is -0.886. The van der Waals surface area contributed by atoms with Crippen LogP contribution in [0.4, 0.5) is 0 Å². The summed E-state index contributed by atoms with van der Waals surface area (Å²) in [6, 6.07) is 29.5. The number of rotatable bonds is 11. The molecule has 0 aliphatic heterocycles. The van der Waals surface area contributed by atoms with Gasteiger partial charge < -0.3 is 20.1 Å². The molecule has 0 saturated carbocycles. The average molecular weight is 475 g/mol. The molecule has 0 radical (unpaired) electrons. The average Bonchev–Trinajstić information content (AvgIpc) is 2.86. The van der Waals surface area contributed by atoms with Gasteiger partial charge in [-0.05, 0) is 23.6 Å². The van der Waals surface area contributed by atoms with Crippen molar-refractivity contribution < 1.29 is 24.9 Å². The summed E-state index contributed by atoms with van der Waals surface area (Å²) in [7, 11) is 0. The van der Waals surface area contributed by atoms with E-state index in [-0.39, 0.29) is 19.8 Å². The maximum atomic E-state index is 10.9. The first kappa shape index (κ1) is 27.7. The molecule has 3 N–H and O–H groups in total. The topological polar surface area (TPSA) is 87.0 Å². The van der Waals surface area contributed by atoms with Crippen LogP contribution in [0.15, 0.2) is 109 Å². The van der Waals surface area contributed by atoms with Crippen molar-refractivity contribution in [3.05, 3.63) is 125 Å². The van der Waals surface area contributed by atoms with Gasteiger partial charge in [-0.2, -0.15) is 0 Å². The number of carboxylic acid groups (broad SMARTS) is 1. The van der Waals surface area contributed by atoms with E-state index >= 15 is 0 Å². The highest BCUT2D eigenvalue weighted by Crippen LogP contribution is 2.20. The van der Waals surface area contributed by atoms with Crippen LogP contribution in [0.2, 0.25) is 0 Å². The Labute approximate surface area is 207 Å². The Morgan fingerprint density at radius 1 is 0.857 bits per heavy atom. The Kier molecular flexibility index (Phi) is 12.2. The fraction of sp³-hybridized carbons (Fsp3) is 0.233. The molecule has 3 aromatic carbocycles. The molecule has 0 aliphatic rings. The van der Waals surface area contributed by atoms with Crippen LogP contribution in [0.1, 0.15) is 23.6 Å². The van der Waals surface area contributed by atoms with Crippen molar-refractivity contribution in [2.24, 2.45) is 0 Å². The molecule has 0 atom stereocenters. The minimum Gasteiger partial charge on any atom is -0.478 e. The van der Waals surface area contributed by atoms with Crippen LogP contribution < -0.4 is 0 Å². The number of aliphatic hydroxyl groups is 2. The maximum absolute atomic E-state index is 10.9. The van der Waals surface area contributed by atoms with Crippen LogP contribution in [0, 0.1) is 0 Å². The first-order valence-corrected chi connectivity index (χ1v) is 11.5. The van der Waals surface area contributed by atoms with Gasteiger partial charge in [0, 0.05) is 18.4 Å². The van der Waals surface area contributed by atoms with Gasteiger partial charge in [0.25, 0.3) is 0 Å². The molecule has 0 aliphatic carbocycles. The smallest absolute Gasteiger partial charge is 0.331 e. The van der Waals surface area contributed by atoms with E-state index in [2.05, 4.69) is 0 Å². The summed E-state index contributed by atoms with van der Waals surface area (Å²) in [5.41, 5.74) is 2.56. The molecule has 35 heavy (non-hydrogen) atoms. The fourth-order valence-corrected chi connectivity index (χ4v) is 3.38. The largest absolute Gasteiger partial charge is 0.478 e. The van der Waals surface area contributed by atoms with Gasteiger partial charge in [-0.1, -0.05) is 109 Å². The number of carbonyl (C=O) groups is 1. The predicted molar refractivity (Wildman–Crippen MR) is 140 cm³/mol. The third-order valence-corrected chi connectivity index (χ3v) is 5.13. The number of aliphatic carboxylic acids is 1. The van der Waals surface area contributed by atoms with Crippen LogP contribution in [-0.2, 0) is 22.4 Å². The Bertz CT molecular complexity index is 1000. The van der Waals surface area contributed by atoms with Crippen molar-refractivity contribution >= 4 is 12.0 Å². The number of ether oxygens (including phenoxy) is 1. The van der Waals surface area contributed by atoms with E-state index in [0.29, 0.717) is 18.4 Å². The van der Waals surface area contributed by atoms with Gasteiger partial charge in [0.1, 0.15) is 0 Å². The Morgan fingerprint density at radius 3 is 1.80 bits per heavy atom. The van der Waals surface area contributed by atoms with Gasteiger partial charge in [0.2, 0.25) is 0 Å². The van der Waals surface area contributed by atoms with Crippen molar-refractivity contribution in [2.45, 2.75) is 25.4 Å². The molecule has 3 rings (SSSR count). The van der Waals surface area contributed by atoms with Crippen molar-refractivity contribution in [2.75, 3.05) is 19.8 Å². The zero-order chi connectivity index (χ0) is 25.4. The number of hydrogen-bond acceptors (Lipinski definition) is 4. The second-order valence-corrected chi connectivity index (χ2v) is 8.25. The van der Waals surface area contributed by atoms with Crippen LogP contribution in [0.5, 0.6) is 0 Å². The summed E-state index contributed by atoms with van der Waals surface area (Å²) < 4.78 is 5.39. The molecule has 0 spiro atoms. The van der Waals surface area contributed by atoms with Gasteiger partial charge in [-0.3, -0.25) is 0 Å². The fourth-order valence-electron chi connectivity index (χ4n) is 3.38. The van der Waals surface area contributed by atoms with E-state index in [9.17, 15) is 9.90 Å². The first-order valence-electron chi connectivity index (χ1n) is 11.5. The monoisotopic (exact) mass is 474 g/mol. The molecule has 0 aromatic heterocycles. The summed E-state index contributed by atoms with van der Waals surface area (Å²) in [6.07, 6.45) is 6.23. The minimum atomic E-state index is -0.974. The molecule has 0 unspecified atom stereocenters. The zero-order valence-corrected chi connectivity index (χ0v) is 20.1. The Hall–Kier alpha value is -3.51. The maximum Gasteiger partial charge on any atom is 0.331 e. The highest BCUT2D eigenvalue weighted by Gasteiger charge is 2.28. The first-order chi connectivity index (χ1) is 16.9. The van der Waals surface area contributed by atoms with E-state index < -0.39 is 11.6 Å². The molecule has 0 fully saturated rings. The van der Waals surface area contributed by atoms with Gasteiger partial charge in [0.15, 0.2) is 0 Å². The van der Waals surface area contributed by atoms with E-state index in [1.807, 2.05) is 97.1 Å². The predicted octanol–water partition coefficient (Wildman–Crippen LogP) is 4.94. The van der Waals surface area contributed by atoms with E-state index in [4.69, 9.17) is 14.9 Å². The van der Waals surface area contributed by atoms with Crippen molar-refractivity contribution in [3.8, 4) is 0 Å². The van der Waals surface area contributed by atoms with E-state index in [0.717, 1.165) is 16.7 Å².